The summed E-state index contributed by atoms with van der Waals surface area (Å²) in [7, 11) is 3.96. The summed E-state index contributed by atoms with van der Waals surface area (Å²) in [6.45, 7) is 6.10. The van der Waals surface area contributed by atoms with Crippen LogP contribution in [0.4, 0.5) is 5.69 Å². The maximum Gasteiger partial charge on any atom is 0.138 e. The van der Waals surface area contributed by atoms with E-state index in [1.165, 1.54) is 5.56 Å². The number of rotatable bonds is 3. The van der Waals surface area contributed by atoms with Crippen LogP contribution in [0.15, 0.2) is 47.9 Å². The van der Waals surface area contributed by atoms with E-state index >= 15 is 0 Å². The summed E-state index contributed by atoms with van der Waals surface area (Å²) >= 11 is 0. The Morgan fingerprint density at radius 3 is 1.79 bits per heavy atom. The molecule has 0 aliphatic heterocycles. The largest absolute Gasteiger partial charge is 0.506 e. The third kappa shape index (κ3) is 2.46. The van der Waals surface area contributed by atoms with E-state index in [-0.39, 0.29) is 11.5 Å². The third-order valence-corrected chi connectivity index (χ3v) is 4.73. The highest BCUT2D eigenvalue weighted by Gasteiger charge is 2.32. The van der Waals surface area contributed by atoms with Crippen LogP contribution in [0.25, 0.3) is 11.1 Å². The molecular weight excluding hydrogens is 298 g/mol. The van der Waals surface area contributed by atoms with Crippen LogP contribution in [-0.4, -0.2) is 24.3 Å². The van der Waals surface area contributed by atoms with E-state index in [1.807, 2.05) is 63.2 Å². The molecule has 3 rings (SSSR count). The van der Waals surface area contributed by atoms with Crippen LogP contribution >= 0.6 is 0 Å². The molecule has 2 aromatic rings. The second kappa shape index (κ2) is 5.75. The molecule has 0 amide bonds. The zero-order chi connectivity index (χ0) is 17.6. The number of aliphatic hydroxyl groups excluding tert-OH is 2. The maximum atomic E-state index is 10.6. The van der Waals surface area contributed by atoms with Crippen molar-refractivity contribution in [3.05, 3.63) is 75.7 Å². The Morgan fingerprint density at radius 1 is 0.708 bits per heavy atom. The molecule has 3 nitrogen and oxygen atoms in total. The number of anilines is 1. The fourth-order valence-corrected chi connectivity index (χ4v) is 3.10. The quantitative estimate of drug-likeness (QED) is 0.842. The van der Waals surface area contributed by atoms with Crippen LogP contribution in [0.2, 0.25) is 0 Å². The smallest absolute Gasteiger partial charge is 0.138 e. The fourth-order valence-electron chi connectivity index (χ4n) is 3.10. The minimum absolute atomic E-state index is 0.163. The monoisotopic (exact) mass is 321 g/mol. The van der Waals surface area contributed by atoms with Gasteiger partial charge in [-0.15, -0.1) is 0 Å². The molecule has 1 aliphatic carbocycles. The van der Waals surface area contributed by atoms with Gasteiger partial charge < -0.3 is 15.1 Å². The third-order valence-electron chi connectivity index (χ3n) is 4.73. The second-order valence-electron chi connectivity index (χ2n) is 6.64. The molecule has 0 unspecified atom stereocenters. The number of aryl methyl sites for hydroxylation is 3. The minimum Gasteiger partial charge on any atom is -0.506 e. The van der Waals surface area contributed by atoms with Crippen molar-refractivity contribution < 1.29 is 10.2 Å². The lowest BCUT2D eigenvalue weighted by Crippen LogP contribution is -2.12. The molecule has 0 radical (unpaired) electrons. The van der Waals surface area contributed by atoms with Crippen LogP contribution in [0.1, 0.15) is 27.8 Å². The fraction of sp³-hybridized carbons (Fsp3) is 0.238. The van der Waals surface area contributed by atoms with Gasteiger partial charge in [-0.05, 0) is 60.7 Å². The summed E-state index contributed by atoms with van der Waals surface area (Å²) in [6.07, 6.45) is 0. The maximum absolute atomic E-state index is 10.6. The Labute approximate surface area is 143 Å². The summed E-state index contributed by atoms with van der Waals surface area (Å²) in [6, 6.07) is 11.9. The summed E-state index contributed by atoms with van der Waals surface area (Å²) in [5, 5.41) is 21.1. The Morgan fingerprint density at radius 2 is 1.25 bits per heavy atom. The number of allylic oxidation sites excluding steroid dienone is 2. The minimum atomic E-state index is 0.163. The van der Waals surface area contributed by atoms with Gasteiger partial charge in [0.2, 0.25) is 0 Å². The van der Waals surface area contributed by atoms with E-state index in [9.17, 15) is 10.2 Å². The van der Waals surface area contributed by atoms with Gasteiger partial charge in [0, 0.05) is 19.8 Å². The van der Waals surface area contributed by atoms with Gasteiger partial charge in [0.05, 0.1) is 11.1 Å². The average Bonchev–Trinajstić information content (AvgIpc) is 2.53. The summed E-state index contributed by atoms with van der Waals surface area (Å²) < 4.78 is 0. The van der Waals surface area contributed by atoms with Gasteiger partial charge in [0.25, 0.3) is 0 Å². The number of hydrogen-bond acceptors (Lipinski definition) is 3. The molecule has 24 heavy (non-hydrogen) atoms. The number of benzene rings is 2. The van der Waals surface area contributed by atoms with Crippen molar-refractivity contribution in [1.82, 2.24) is 0 Å². The molecule has 0 saturated heterocycles. The molecule has 1 aliphatic rings. The van der Waals surface area contributed by atoms with Crippen molar-refractivity contribution in [2.45, 2.75) is 20.8 Å². The molecule has 0 fully saturated rings. The molecule has 0 aromatic heterocycles. The van der Waals surface area contributed by atoms with Crippen molar-refractivity contribution in [2.24, 2.45) is 0 Å². The van der Waals surface area contributed by atoms with Gasteiger partial charge in [-0.25, -0.2) is 0 Å². The lowest BCUT2D eigenvalue weighted by molar-refractivity contribution is 0.390. The molecule has 0 heterocycles. The van der Waals surface area contributed by atoms with E-state index in [4.69, 9.17) is 0 Å². The first-order valence-corrected chi connectivity index (χ1v) is 8.04. The van der Waals surface area contributed by atoms with Gasteiger partial charge in [0.15, 0.2) is 0 Å². The number of aliphatic hydroxyl groups is 2. The summed E-state index contributed by atoms with van der Waals surface area (Å²) in [4.78, 5) is 2.01. The van der Waals surface area contributed by atoms with Crippen molar-refractivity contribution in [3.63, 3.8) is 0 Å². The van der Waals surface area contributed by atoms with E-state index in [1.54, 1.807) is 0 Å². The predicted molar refractivity (Wildman–Crippen MR) is 101 cm³/mol. The van der Waals surface area contributed by atoms with Gasteiger partial charge in [-0.3, -0.25) is 0 Å². The molecule has 2 aromatic carbocycles. The summed E-state index contributed by atoms with van der Waals surface area (Å²) in [5.41, 5.74) is 7.25. The Bertz CT molecular complexity index is 871. The zero-order valence-corrected chi connectivity index (χ0v) is 14.8. The van der Waals surface area contributed by atoms with Gasteiger partial charge in [0.1, 0.15) is 11.5 Å². The van der Waals surface area contributed by atoms with E-state index < -0.39 is 0 Å². The lowest BCUT2D eigenvalue weighted by atomic mass is 9.82. The highest BCUT2D eigenvalue weighted by molar-refractivity contribution is 6.06. The first-order valence-electron chi connectivity index (χ1n) is 8.04. The van der Waals surface area contributed by atoms with Crippen molar-refractivity contribution in [1.29, 1.82) is 0 Å². The van der Waals surface area contributed by atoms with Crippen LogP contribution in [0, 0.1) is 20.8 Å². The van der Waals surface area contributed by atoms with E-state index in [0.29, 0.717) is 11.1 Å². The van der Waals surface area contributed by atoms with E-state index in [0.717, 1.165) is 27.9 Å². The number of hydrogen-bond donors (Lipinski definition) is 2. The molecule has 3 heteroatoms. The molecule has 0 spiro atoms. The van der Waals surface area contributed by atoms with Crippen molar-refractivity contribution in [3.8, 4) is 0 Å². The Hall–Kier alpha value is -2.68. The van der Waals surface area contributed by atoms with Crippen LogP contribution in [0.5, 0.6) is 0 Å². The van der Waals surface area contributed by atoms with Crippen molar-refractivity contribution in [2.75, 3.05) is 19.0 Å². The first-order chi connectivity index (χ1) is 11.3. The van der Waals surface area contributed by atoms with Crippen LogP contribution in [0.3, 0.4) is 0 Å². The van der Waals surface area contributed by atoms with Gasteiger partial charge in [-0.1, -0.05) is 24.3 Å². The van der Waals surface area contributed by atoms with Gasteiger partial charge >= 0.3 is 0 Å². The average molecular weight is 321 g/mol. The lowest BCUT2D eigenvalue weighted by Gasteiger charge is -2.26. The normalized spacial score (nSPS) is 14.0. The van der Waals surface area contributed by atoms with Gasteiger partial charge in [-0.2, -0.15) is 0 Å². The van der Waals surface area contributed by atoms with Crippen LogP contribution in [-0.2, 0) is 0 Å². The molecule has 0 atom stereocenters. The molecule has 0 saturated carbocycles. The van der Waals surface area contributed by atoms with Crippen LogP contribution < -0.4 is 4.90 Å². The SMILES string of the molecule is Cc1cc(C)c(C2=C(O)C(c3ccc(N(C)C)cc3)=C2O)cc1C. The number of nitrogens with zero attached hydrogens (tertiary/aromatic N) is 1. The topological polar surface area (TPSA) is 43.7 Å². The summed E-state index contributed by atoms with van der Waals surface area (Å²) in [5.74, 6) is 0.327. The molecule has 2 N–H and O–H groups in total. The van der Waals surface area contributed by atoms with E-state index in [2.05, 4.69) is 13.0 Å². The Balaban J connectivity index is 1.99. The predicted octanol–water partition coefficient (Wildman–Crippen LogP) is 4.93. The first kappa shape index (κ1) is 16.2. The zero-order valence-electron chi connectivity index (χ0n) is 14.8. The highest BCUT2D eigenvalue weighted by atomic mass is 16.3. The second-order valence-corrected chi connectivity index (χ2v) is 6.64. The van der Waals surface area contributed by atoms with Crippen molar-refractivity contribution >= 4 is 16.8 Å². The molecule has 0 bridgehead atoms. The Kier molecular flexibility index (Phi) is 3.88. The molecular formula is C21H23NO2. The standard InChI is InChI=1S/C21H23NO2/c1-12-10-14(3)17(11-13(12)2)19-20(23)18(21(19)24)15-6-8-16(9-7-15)22(4)5/h6-11,23-24H,1-5H3. The molecule has 124 valence electrons. The highest BCUT2D eigenvalue weighted by Crippen LogP contribution is 2.45.